The topological polar surface area (TPSA) is 58.4 Å². The number of benzene rings is 2. The van der Waals surface area contributed by atoms with Gasteiger partial charge in [0.1, 0.15) is 0 Å². The summed E-state index contributed by atoms with van der Waals surface area (Å²) in [6, 6.07) is 16.8. The summed E-state index contributed by atoms with van der Waals surface area (Å²) in [6.45, 7) is 2.53. The molecule has 29 heavy (non-hydrogen) atoms. The molecule has 1 atom stereocenters. The van der Waals surface area contributed by atoms with Crippen LogP contribution < -0.4 is 5.32 Å². The SMILES string of the molecule is O=C(NCC(c1ccc(Cl)cc1)N1CCCC1)c1cc(-c2ccc(Cl)cc2)on1. The molecular weight excluding hydrogens is 409 g/mol. The molecule has 0 bridgehead atoms. The average molecular weight is 430 g/mol. The minimum absolute atomic E-state index is 0.0985. The fraction of sp³-hybridized carbons (Fsp3) is 0.273. The lowest BCUT2D eigenvalue weighted by Crippen LogP contribution is -2.36. The number of likely N-dealkylation sites (tertiary alicyclic amines) is 1. The zero-order valence-corrected chi connectivity index (χ0v) is 17.3. The predicted molar refractivity (Wildman–Crippen MR) is 114 cm³/mol. The smallest absolute Gasteiger partial charge is 0.273 e. The minimum atomic E-state index is -0.257. The normalized spacial score (nSPS) is 15.4. The molecule has 1 aliphatic rings. The second kappa shape index (κ2) is 8.99. The van der Waals surface area contributed by atoms with E-state index in [0.717, 1.165) is 24.2 Å². The lowest BCUT2D eigenvalue weighted by atomic mass is 10.1. The van der Waals surface area contributed by atoms with E-state index in [1.54, 1.807) is 18.2 Å². The first-order chi connectivity index (χ1) is 14.1. The summed E-state index contributed by atoms with van der Waals surface area (Å²) in [5, 5.41) is 8.27. The Balaban J connectivity index is 1.45. The van der Waals surface area contributed by atoms with Crippen molar-refractivity contribution < 1.29 is 9.32 Å². The maximum absolute atomic E-state index is 12.7. The summed E-state index contributed by atoms with van der Waals surface area (Å²) in [4.78, 5) is 15.0. The molecule has 0 spiro atoms. The van der Waals surface area contributed by atoms with Crippen LogP contribution in [-0.4, -0.2) is 35.6 Å². The van der Waals surface area contributed by atoms with Gasteiger partial charge in [0.05, 0.1) is 6.04 Å². The monoisotopic (exact) mass is 429 g/mol. The quantitative estimate of drug-likeness (QED) is 0.583. The summed E-state index contributed by atoms with van der Waals surface area (Å²) < 4.78 is 5.34. The van der Waals surface area contributed by atoms with Gasteiger partial charge in [0, 0.05) is 28.2 Å². The second-order valence-electron chi connectivity index (χ2n) is 7.10. The van der Waals surface area contributed by atoms with Crippen LogP contribution in [0.25, 0.3) is 11.3 Å². The first-order valence-corrected chi connectivity index (χ1v) is 10.4. The van der Waals surface area contributed by atoms with Crippen LogP contribution in [0.5, 0.6) is 0 Å². The number of carbonyl (C=O) groups excluding carboxylic acids is 1. The van der Waals surface area contributed by atoms with Gasteiger partial charge in [-0.2, -0.15) is 0 Å². The van der Waals surface area contributed by atoms with Gasteiger partial charge >= 0.3 is 0 Å². The molecule has 2 heterocycles. The van der Waals surface area contributed by atoms with Crippen molar-refractivity contribution in [2.75, 3.05) is 19.6 Å². The molecule has 0 saturated carbocycles. The Morgan fingerprint density at radius 1 is 1.03 bits per heavy atom. The molecule has 2 aromatic carbocycles. The van der Waals surface area contributed by atoms with E-state index in [1.165, 1.54) is 12.8 Å². The van der Waals surface area contributed by atoms with Crippen molar-refractivity contribution in [1.82, 2.24) is 15.4 Å². The van der Waals surface area contributed by atoms with E-state index < -0.39 is 0 Å². The molecule has 1 N–H and O–H groups in total. The second-order valence-corrected chi connectivity index (χ2v) is 7.98. The molecule has 1 unspecified atom stereocenters. The van der Waals surface area contributed by atoms with Gasteiger partial charge in [0.2, 0.25) is 0 Å². The molecule has 7 heteroatoms. The highest BCUT2D eigenvalue weighted by molar-refractivity contribution is 6.30. The maximum atomic E-state index is 12.7. The maximum Gasteiger partial charge on any atom is 0.273 e. The van der Waals surface area contributed by atoms with E-state index in [9.17, 15) is 4.79 Å². The Kier molecular flexibility index (Phi) is 6.19. The van der Waals surface area contributed by atoms with Gasteiger partial charge in [0.15, 0.2) is 11.5 Å². The number of hydrogen-bond donors (Lipinski definition) is 1. The van der Waals surface area contributed by atoms with Crippen molar-refractivity contribution >= 4 is 29.1 Å². The Bertz CT molecular complexity index is 964. The fourth-order valence-corrected chi connectivity index (χ4v) is 3.86. The van der Waals surface area contributed by atoms with Gasteiger partial charge < -0.3 is 9.84 Å². The Morgan fingerprint density at radius 3 is 2.31 bits per heavy atom. The number of rotatable bonds is 6. The zero-order valence-electron chi connectivity index (χ0n) is 15.8. The third kappa shape index (κ3) is 4.81. The molecule has 0 aliphatic carbocycles. The molecule has 1 fully saturated rings. The van der Waals surface area contributed by atoms with Gasteiger partial charge in [-0.15, -0.1) is 0 Å². The molecule has 1 saturated heterocycles. The molecule has 3 aromatic rings. The standard InChI is InChI=1S/C22H21Cl2N3O2/c23-17-7-3-15(4-8-17)20(27-11-1-2-12-27)14-25-22(28)19-13-21(29-26-19)16-5-9-18(24)10-6-16/h3-10,13,20H,1-2,11-12,14H2,(H,25,28). The molecule has 1 amide bonds. The summed E-state index contributed by atoms with van der Waals surface area (Å²) in [5.41, 5.74) is 2.21. The van der Waals surface area contributed by atoms with Crippen molar-refractivity contribution in [3.05, 3.63) is 75.9 Å². The highest BCUT2D eigenvalue weighted by Gasteiger charge is 2.24. The summed E-state index contributed by atoms with van der Waals surface area (Å²) in [5.74, 6) is 0.271. The Morgan fingerprint density at radius 2 is 1.66 bits per heavy atom. The van der Waals surface area contributed by atoms with Gasteiger partial charge in [0.25, 0.3) is 5.91 Å². The fourth-order valence-electron chi connectivity index (χ4n) is 3.61. The molecule has 1 aliphatic heterocycles. The van der Waals surface area contributed by atoms with Crippen LogP contribution in [0.4, 0.5) is 0 Å². The third-order valence-electron chi connectivity index (χ3n) is 5.16. The van der Waals surface area contributed by atoms with Crippen LogP contribution in [0.15, 0.2) is 59.1 Å². The van der Waals surface area contributed by atoms with E-state index >= 15 is 0 Å². The lowest BCUT2D eigenvalue weighted by Gasteiger charge is -2.28. The first kappa shape index (κ1) is 20.0. The number of halogens is 2. The first-order valence-electron chi connectivity index (χ1n) is 9.60. The van der Waals surface area contributed by atoms with E-state index in [1.807, 2.05) is 36.4 Å². The van der Waals surface area contributed by atoms with E-state index in [0.29, 0.717) is 22.4 Å². The Hall–Kier alpha value is -2.34. The van der Waals surface area contributed by atoms with Gasteiger partial charge in [-0.05, 0) is 67.9 Å². The number of carbonyl (C=O) groups is 1. The summed E-state index contributed by atoms with van der Waals surface area (Å²) in [7, 11) is 0. The molecule has 150 valence electrons. The number of nitrogens with zero attached hydrogens (tertiary/aromatic N) is 2. The van der Waals surface area contributed by atoms with E-state index in [2.05, 4.69) is 15.4 Å². The summed E-state index contributed by atoms with van der Waals surface area (Å²) in [6.07, 6.45) is 2.34. The average Bonchev–Trinajstić information content (AvgIpc) is 3.42. The molecule has 1 aromatic heterocycles. The Labute approximate surface area is 179 Å². The number of aromatic nitrogens is 1. The van der Waals surface area contributed by atoms with Crippen LogP contribution in [0.2, 0.25) is 10.0 Å². The van der Waals surface area contributed by atoms with Crippen molar-refractivity contribution in [1.29, 1.82) is 0 Å². The largest absolute Gasteiger partial charge is 0.355 e. The minimum Gasteiger partial charge on any atom is -0.355 e. The number of hydrogen-bond acceptors (Lipinski definition) is 4. The zero-order chi connectivity index (χ0) is 20.2. The molecular formula is C22H21Cl2N3O2. The molecule has 0 radical (unpaired) electrons. The summed E-state index contributed by atoms with van der Waals surface area (Å²) >= 11 is 12.0. The molecule has 4 rings (SSSR count). The van der Waals surface area contributed by atoms with Crippen LogP contribution in [0.1, 0.15) is 34.9 Å². The third-order valence-corrected chi connectivity index (χ3v) is 5.67. The van der Waals surface area contributed by atoms with Crippen molar-refractivity contribution in [3.8, 4) is 11.3 Å². The predicted octanol–water partition coefficient (Wildman–Crippen LogP) is 5.22. The van der Waals surface area contributed by atoms with Crippen LogP contribution in [-0.2, 0) is 0 Å². The highest BCUT2D eigenvalue weighted by Crippen LogP contribution is 2.26. The van der Waals surface area contributed by atoms with Gasteiger partial charge in [-0.1, -0.05) is 40.5 Å². The highest BCUT2D eigenvalue weighted by atomic mass is 35.5. The molecule has 5 nitrogen and oxygen atoms in total. The van der Waals surface area contributed by atoms with Crippen LogP contribution in [0, 0.1) is 0 Å². The lowest BCUT2D eigenvalue weighted by molar-refractivity contribution is 0.0929. The van der Waals surface area contributed by atoms with Gasteiger partial charge in [-0.3, -0.25) is 9.69 Å². The van der Waals surface area contributed by atoms with Crippen molar-refractivity contribution in [2.24, 2.45) is 0 Å². The van der Waals surface area contributed by atoms with Crippen molar-refractivity contribution in [2.45, 2.75) is 18.9 Å². The van der Waals surface area contributed by atoms with E-state index in [-0.39, 0.29) is 17.6 Å². The van der Waals surface area contributed by atoms with Crippen molar-refractivity contribution in [3.63, 3.8) is 0 Å². The van der Waals surface area contributed by atoms with E-state index in [4.69, 9.17) is 27.7 Å². The van der Waals surface area contributed by atoms with Crippen LogP contribution >= 0.6 is 23.2 Å². The number of nitrogens with one attached hydrogen (secondary N) is 1. The number of amides is 1. The van der Waals surface area contributed by atoms with Gasteiger partial charge in [-0.25, -0.2) is 0 Å². The van der Waals surface area contributed by atoms with Crippen LogP contribution in [0.3, 0.4) is 0 Å².